The molecule has 1 heteroatoms. The summed E-state index contributed by atoms with van der Waals surface area (Å²) >= 11 is 0. The van der Waals surface area contributed by atoms with Gasteiger partial charge in [0.1, 0.15) is 0 Å². The van der Waals surface area contributed by atoms with Gasteiger partial charge in [0.25, 0.3) is 0 Å². The van der Waals surface area contributed by atoms with Crippen molar-refractivity contribution in [2.75, 3.05) is 0 Å². The molecule has 0 nitrogen and oxygen atoms in total. The normalized spacial score (nSPS) is 10.2. The van der Waals surface area contributed by atoms with E-state index in [4.69, 9.17) is 0 Å². The van der Waals surface area contributed by atoms with Gasteiger partial charge in [0.15, 0.2) is 0 Å². The maximum atomic E-state index is 2.20. The van der Waals surface area contributed by atoms with Crippen LogP contribution in [0.15, 0.2) is 72.7 Å². The fourth-order valence-electron chi connectivity index (χ4n) is 2.51. The van der Waals surface area contributed by atoms with Crippen LogP contribution >= 0.6 is 0 Å². The molecule has 3 aromatic rings. The third kappa shape index (κ3) is 2.37. The molecule has 1 heterocycles. The third-order valence-corrected chi connectivity index (χ3v) is 3.42. The molecular formula is C18H15B. The molecule has 0 aliphatic rings. The number of benzene rings is 2. The van der Waals surface area contributed by atoms with Crippen LogP contribution in [0.2, 0.25) is 0 Å². The first-order valence-corrected chi connectivity index (χ1v) is 6.57. The summed E-state index contributed by atoms with van der Waals surface area (Å²) < 4.78 is 0. The van der Waals surface area contributed by atoms with Gasteiger partial charge in [-0.3, -0.25) is 0 Å². The van der Waals surface area contributed by atoms with Crippen molar-refractivity contribution < 1.29 is 0 Å². The Balaban J connectivity index is 2.25. The van der Waals surface area contributed by atoms with Crippen LogP contribution in [0, 0.1) is 6.92 Å². The fraction of sp³-hybridized carbons (Fsp3) is 0.0556. The molecule has 0 aliphatic heterocycles. The zero-order valence-electron chi connectivity index (χ0n) is 11.0. The Labute approximate surface area is 115 Å². The summed E-state index contributed by atoms with van der Waals surface area (Å²) in [6.07, 6.45) is 0. The standard InChI is InChI=1S/C18H15B/c1-14-18(16-10-6-3-7-11-16)17(12-13-19-14)15-8-4-2-5-9-15/h2-13H,1H3. The summed E-state index contributed by atoms with van der Waals surface area (Å²) in [6, 6.07) is 23.4. The molecule has 0 radical (unpaired) electrons. The van der Waals surface area contributed by atoms with Crippen LogP contribution in [0.3, 0.4) is 0 Å². The zero-order valence-corrected chi connectivity index (χ0v) is 11.0. The molecule has 0 N–H and O–H groups in total. The van der Waals surface area contributed by atoms with Gasteiger partial charge in [-0.1, -0.05) is 0 Å². The van der Waals surface area contributed by atoms with E-state index >= 15 is 0 Å². The van der Waals surface area contributed by atoms with Crippen molar-refractivity contribution in [3.05, 3.63) is 78.2 Å². The van der Waals surface area contributed by atoms with E-state index in [1.54, 1.807) is 0 Å². The van der Waals surface area contributed by atoms with Gasteiger partial charge in [-0.2, -0.15) is 0 Å². The summed E-state index contributed by atoms with van der Waals surface area (Å²) in [5.74, 6) is 2.13. The van der Waals surface area contributed by atoms with Gasteiger partial charge in [-0.05, 0) is 0 Å². The second-order valence-corrected chi connectivity index (χ2v) is 4.73. The second-order valence-electron chi connectivity index (χ2n) is 4.73. The number of hydrogen-bond donors (Lipinski definition) is 0. The second kappa shape index (κ2) is 5.23. The molecule has 0 amide bonds. The van der Waals surface area contributed by atoms with Crippen LogP contribution in [-0.4, -0.2) is 6.91 Å². The van der Waals surface area contributed by atoms with Gasteiger partial charge in [0.05, 0.1) is 0 Å². The Morgan fingerprint density at radius 2 is 1.26 bits per heavy atom. The monoisotopic (exact) mass is 242 g/mol. The number of aryl methyl sites for hydroxylation is 1. The van der Waals surface area contributed by atoms with Crippen LogP contribution in [0.4, 0.5) is 0 Å². The average molecular weight is 242 g/mol. The Morgan fingerprint density at radius 1 is 0.684 bits per heavy atom. The maximum absolute atomic E-state index is 2.20. The van der Waals surface area contributed by atoms with Crippen LogP contribution in [0.5, 0.6) is 0 Å². The predicted octanol–water partition coefficient (Wildman–Crippen LogP) is 4.67. The third-order valence-electron chi connectivity index (χ3n) is 3.42. The van der Waals surface area contributed by atoms with E-state index in [1.165, 1.54) is 27.7 Å². The molecule has 2 aromatic carbocycles. The van der Waals surface area contributed by atoms with Gasteiger partial charge in [0, 0.05) is 0 Å². The molecule has 90 valence electrons. The van der Waals surface area contributed by atoms with E-state index < -0.39 is 0 Å². The Morgan fingerprint density at radius 3 is 1.89 bits per heavy atom. The molecule has 0 saturated carbocycles. The minimum atomic E-state index is 1.27. The van der Waals surface area contributed by atoms with Crippen molar-refractivity contribution in [3.63, 3.8) is 0 Å². The van der Waals surface area contributed by atoms with Crippen molar-refractivity contribution in [1.29, 1.82) is 0 Å². The van der Waals surface area contributed by atoms with Crippen LogP contribution in [0.1, 0.15) is 5.46 Å². The summed E-state index contributed by atoms with van der Waals surface area (Å²) in [6.45, 7) is 4.35. The van der Waals surface area contributed by atoms with Crippen molar-refractivity contribution in [3.8, 4) is 22.3 Å². The Bertz CT molecular complexity index is 673. The molecule has 3 rings (SSSR count). The van der Waals surface area contributed by atoms with Crippen LogP contribution in [0.25, 0.3) is 22.3 Å². The SMILES string of the molecule is Cc1bccc(-c2ccccc2)c1-c1ccccc1. The van der Waals surface area contributed by atoms with Crippen LogP contribution < -0.4 is 0 Å². The van der Waals surface area contributed by atoms with Gasteiger partial charge < -0.3 is 0 Å². The van der Waals surface area contributed by atoms with Gasteiger partial charge in [-0.25, -0.2) is 0 Å². The Kier molecular flexibility index (Phi) is 3.28. The van der Waals surface area contributed by atoms with E-state index in [1.807, 2.05) is 0 Å². The first kappa shape index (κ1) is 11.9. The predicted molar refractivity (Wildman–Crippen MR) is 83.4 cm³/mol. The summed E-state index contributed by atoms with van der Waals surface area (Å²) in [5.41, 5.74) is 6.48. The van der Waals surface area contributed by atoms with Crippen molar-refractivity contribution in [2.45, 2.75) is 6.92 Å². The summed E-state index contributed by atoms with van der Waals surface area (Å²) in [5, 5.41) is 0. The van der Waals surface area contributed by atoms with Crippen molar-refractivity contribution >= 4 is 6.91 Å². The average Bonchev–Trinajstić information content (AvgIpc) is 2.49. The van der Waals surface area contributed by atoms with E-state index in [9.17, 15) is 0 Å². The van der Waals surface area contributed by atoms with Gasteiger partial charge in [-0.15, -0.1) is 0 Å². The van der Waals surface area contributed by atoms with Gasteiger partial charge >= 0.3 is 114 Å². The molecule has 1 aromatic heterocycles. The molecule has 0 atom stereocenters. The molecule has 0 aliphatic carbocycles. The quantitative estimate of drug-likeness (QED) is 0.612. The molecule has 0 fully saturated rings. The first-order valence-electron chi connectivity index (χ1n) is 6.57. The van der Waals surface area contributed by atoms with Crippen LogP contribution in [-0.2, 0) is 0 Å². The molecule has 0 spiro atoms. The zero-order chi connectivity index (χ0) is 13.1. The number of hydrogen-bond acceptors (Lipinski definition) is 0. The molecule has 19 heavy (non-hydrogen) atoms. The van der Waals surface area contributed by atoms with E-state index in [0.29, 0.717) is 0 Å². The summed E-state index contributed by atoms with van der Waals surface area (Å²) in [7, 11) is 0. The van der Waals surface area contributed by atoms with E-state index in [0.717, 1.165) is 0 Å². The molecule has 0 unspecified atom stereocenters. The minimum absolute atomic E-state index is 1.27. The van der Waals surface area contributed by atoms with Crippen molar-refractivity contribution in [2.24, 2.45) is 0 Å². The number of rotatable bonds is 2. The Hall–Kier alpha value is -2.15. The van der Waals surface area contributed by atoms with Gasteiger partial charge in [0.2, 0.25) is 0 Å². The van der Waals surface area contributed by atoms with Crippen molar-refractivity contribution in [1.82, 2.24) is 0 Å². The fourth-order valence-corrected chi connectivity index (χ4v) is 2.51. The van der Waals surface area contributed by atoms with E-state index in [2.05, 4.69) is 86.5 Å². The van der Waals surface area contributed by atoms with E-state index in [-0.39, 0.29) is 0 Å². The molecular weight excluding hydrogens is 227 g/mol. The molecule has 0 saturated heterocycles. The topological polar surface area (TPSA) is 0 Å². The molecule has 0 bridgehead atoms. The summed E-state index contributed by atoms with van der Waals surface area (Å²) in [4.78, 5) is 0. The first-order chi connectivity index (χ1) is 9.36.